The summed E-state index contributed by atoms with van der Waals surface area (Å²) in [6.45, 7) is 6.32. The summed E-state index contributed by atoms with van der Waals surface area (Å²) < 4.78 is 3.17. The molecule has 0 aliphatic rings. The maximum atomic E-state index is 6.22. The van der Waals surface area contributed by atoms with Crippen LogP contribution in [0.1, 0.15) is 31.1 Å². The monoisotopic (exact) mass is 307 g/mol. The van der Waals surface area contributed by atoms with E-state index in [1.54, 1.807) is 0 Å². The molecule has 18 heavy (non-hydrogen) atoms. The smallest absolute Gasteiger partial charge is 0.0994 e. The lowest BCUT2D eigenvalue weighted by molar-refractivity contribution is 0.497. The van der Waals surface area contributed by atoms with Crippen molar-refractivity contribution in [2.75, 3.05) is 0 Å². The van der Waals surface area contributed by atoms with Crippen LogP contribution in [0, 0.1) is 12.8 Å². The molecule has 0 spiro atoms. The number of aromatic nitrogens is 2. The highest BCUT2D eigenvalue weighted by Gasteiger charge is 2.16. The summed E-state index contributed by atoms with van der Waals surface area (Å²) in [5.41, 5.74) is 9.56. The van der Waals surface area contributed by atoms with E-state index in [9.17, 15) is 0 Å². The highest BCUT2D eigenvalue weighted by molar-refractivity contribution is 9.10. The van der Waals surface area contributed by atoms with Gasteiger partial charge in [0.05, 0.1) is 18.2 Å². The standard InChI is InChI=1S/C14H18BrN3/c1-9(2)14(16)13-7-17-8-18(13)11-4-5-12(15)10(3)6-11/h4-9,14H,16H2,1-3H3. The van der Waals surface area contributed by atoms with Crippen molar-refractivity contribution in [3.05, 3.63) is 46.5 Å². The quantitative estimate of drug-likeness (QED) is 0.941. The summed E-state index contributed by atoms with van der Waals surface area (Å²) in [4.78, 5) is 4.23. The van der Waals surface area contributed by atoms with E-state index in [2.05, 4.69) is 64.5 Å². The van der Waals surface area contributed by atoms with E-state index in [1.165, 1.54) is 5.56 Å². The van der Waals surface area contributed by atoms with Gasteiger partial charge >= 0.3 is 0 Å². The Labute approximate surface area is 116 Å². The van der Waals surface area contributed by atoms with Crippen molar-refractivity contribution in [2.24, 2.45) is 11.7 Å². The van der Waals surface area contributed by atoms with Gasteiger partial charge in [0.1, 0.15) is 0 Å². The minimum absolute atomic E-state index is 0.00328. The van der Waals surface area contributed by atoms with Crippen LogP contribution in [0.3, 0.4) is 0 Å². The summed E-state index contributed by atoms with van der Waals surface area (Å²) in [7, 11) is 0. The zero-order valence-electron chi connectivity index (χ0n) is 10.9. The fourth-order valence-corrected chi connectivity index (χ4v) is 2.13. The average Bonchev–Trinajstić information content (AvgIpc) is 2.80. The third kappa shape index (κ3) is 2.49. The first-order chi connectivity index (χ1) is 8.50. The Morgan fingerprint density at radius 1 is 1.33 bits per heavy atom. The lowest BCUT2D eigenvalue weighted by Crippen LogP contribution is -2.19. The third-order valence-corrected chi connectivity index (χ3v) is 4.04. The van der Waals surface area contributed by atoms with Gasteiger partial charge in [0.2, 0.25) is 0 Å². The van der Waals surface area contributed by atoms with Crippen molar-refractivity contribution in [1.82, 2.24) is 9.55 Å². The molecule has 0 aliphatic carbocycles. The largest absolute Gasteiger partial charge is 0.322 e. The number of nitrogens with two attached hydrogens (primary N) is 1. The second-order valence-corrected chi connectivity index (χ2v) is 5.75. The highest BCUT2D eigenvalue weighted by Crippen LogP contribution is 2.24. The first-order valence-corrected chi connectivity index (χ1v) is 6.84. The summed E-state index contributed by atoms with van der Waals surface area (Å²) in [6.07, 6.45) is 3.67. The Morgan fingerprint density at radius 3 is 2.67 bits per heavy atom. The fraction of sp³-hybridized carbons (Fsp3) is 0.357. The van der Waals surface area contributed by atoms with Crippen molar-refractivity contribution in [3.63, 3.8) is 0 Å². The predicted molar refractivity (Wildman–Crippen MR) is 77.8 cm³/mol. The molecule has 1 unspecified atom stereocenters. The molecule has 3 nitrogen and oxygen atoms in total. The SMILES string of the molecule is Cc1cc(-n2cncc2C(N)C(C)C)ccc1Br. The first-order valence-electron chi connectivity index (χ1n) is 6.05. The van der Waals surface area contributed by atoms with Gasteiger partial charge in [-0.05, 0) is 36.6 Å². The van der Waals surface area contributed by atoms with Crippen molar-refractivity contribution in [3.8, 4) is 5.69 Å². The zero-order valence-corrected chi connectivity index (χ0v) is 12.5. The molecule has 1 aromatic carbocycles. The molecule has 1 atom stereocenters. The lowest BCUT2D eigenvalue weighted by Gasteiger charge is -2.18. The molecular formula is C14H18BrN3. The van der Waals surface area contributed by atoms with E-state index < -0.39 is 0 Å². The number of aryl methyl sites for hydroxylation is 1. The van der Waals surface area contributed by atoms with E-state index in [-0.39, 0.29) is 6.04 Å². The summed E-state index contributed by atoms with van der Waals surface area (Å²) in [5.74, 6) is 0.386. The van der Waals surface area contributed by atoms with Crippen LogP contribution in [-0.4, -0.2) is 9.55 Å². The molecule has 0 saturated carbocycles. The van der Waals surface area contributed by atoms with Gasteiger partial charge < -0.3 is 10.3 Å². The maximum Gasteiger partial charge on any atom is 0.0994 e. The van der Waals surface area contributed by atoms with Crippen LogP contribution in [0.15, 0.2) is 35.2 Å². The summed E-state index contributed by atoms with van der Waals surface area (Å²) in [6, 6.07) is 6.24. The lowest BCUT2D eigenvalue weighted by atomic mass is 10.0. The number of rotatable bonds is 3. The number of imidazole rings is 1. The van der Waals surface area contributed by atoms with Crippen LogP contribution < -0.4 is 5.73 Å². The second-order valence-electron chi connectivity index (χ2n) is 4.89. The predicted octanol–water partition coefficient (Wildman–Crippen LogP) is 3.60. The normalized spacial score (nSPS) is 13.0. The summed E-state index contributed by atoms with van der Waals surface area (Å²) in [5, 5.41) is 0. The number of hydrogen-bond acceptors (Lipinski definition) is 2. The molecule has 2 N–H and O–H groups in total. The van der Waals surface area contributed by atoms with Crippen LogP contribution in [0.2, 0.25) is 0 Å². The molecule has 0 saturated heterocycles. The molecule has 1 aromatic heterocycles. The van der Waals surface area contributed by atoms with Crippen LogP contribution >= 0.6 is 15.9 Å². The minimum atomic E-state index is -0.00328. The van der Waals surface area contributed by atoms with E-state index in [1.807, 2.05) is 12.5 Å². The van der Waals surface area contributed by atoms with Crippen molar-refractivity contribution < 1.29 is 0 Å². The molecule has 2 aromatic rings. The van der Waals surface area contributed by atoms with E-state index >= 15 is 0 Å². The van der Waals surface area contributed by atoms with E-state index in [0.29, 0.717) is 5.92 Å². The minimum Gasteiger partial charge on any atom is -0.322 e. The molecular weight excluding hydrogens is 290 g/mol. The molecule has 0 fully saturated rings. The van der Waals surface area contributed by atoms with Gasteiger partial charge in [-0.25, -0.2) is 4.98 Å². The molecule has 1 heterocycles. The van der Waals surface area contributed by atoms with Gasteiger partial charge in [0, 0.05) is 16.2 Å². The number of nitrogens with zero attached hydrogens (tertiary/aromatic N) is 2. The fourth-order valence-electron chi connectivity index (χ4n) is 1.89. The molecule has 2 rings (SSSR count). The van der Waals surface area contributed by atoms with Gasteiger partial charge in [0.25, 0.3) is 0 Å². The number of hydrogen-bond donors (Lipinski definition) is 1. The molecule has 0 radical (unpaired) electrons. The Bertz CT molecular complexity index is 546. The Morgan fingerprint density at radius 2 is 2.06 bits per heavy atom. The van der Waals surface area contributed by atoms with Crippen LogP contribution in [0.4, 0.5) is 0 Å². The van der Waals surface area contributed by atoms with Gasteiger partial charge in [-0.2, -0.15) is 0 Å². The molecule has 0 amide bonds. The van der Waals surface area contributed by atoms with Gasteiger partial charge in [-0.3, -0.25) is 0 Å². The van der Waals surface area contributed by atoms with Crippen molar-refractivity contribution >= 4 is 15.9 Å². The van der Waals surface area contributed by atoms with E-state index in [0.717, 1.165) is 15.9 Å². The molecule has 4 heteroatoms. The van der Waals surface area contributed by atoms with Gasteiger partial charge in [-0.15, -0.1) is 0 Å². The van der Waals surface area contributed by atoms with Gasteiger partial charge in [-0.1, -0.05) is 29.8 Å². The molecule has 96 valence electrons. The third-order valence-electron chi connectivity index (χ3n) is 3.15. The van der Waals surface area contributed by atoms with Crippen LogP contribution in [0.25, 0.3) is 5.69 Å². The van der Waals surface area contributed by atoms with E-state index in [4.69, 9.17) is 5.73 Å². The number of benzene rings is 1. The highest BCUT2D eigenvalue weighted by atomic mass is 79.9. The first kappa shape index (κ1) is 13.3. The Hall–Kier alpha value is -1.13. The summed E-state index contributed by atoms with van der Waals surface area (Å²) >= 11 is 3.51. The van der Waals surface area contributed by atoms with Crippen LogP contribution in [0.5, 0.6) is 0 Å². The van der Waals surface area contributed by atoms with Crippen molar-refractivity contribution in [2.45, 2.75) is 26.8 Å². The zero-order chi connectivity index (χ0) is 13.3. The van der Waals surface area contributed by atoms with Crippen molar-refractivity contribution in [1.29, 1.82) is 0 Å². The molecule has 0 bridgehead atoms. The Balaban J connectivity index is 2.45. The average molecular weight is 308 g/mol. The topological polar surface area (TPSA) is 43.8 Å². The van der Waals surface area contributed by atoms with Crippen LogP contribution in [-0.2, 0) is 0 Å². The number of halogens is 1. The second kappa shape index (κ2) is 5.24. The maximum absolute atomic E-state index is 6.22. The van der Waals surface area contributed by atoms with Gasteiger partial charge in [0.15, 0.2) is 0 Å². The molecule has 0 aliphatic heterocycles. The Kier molecular flexibility index (Phi) is 3.88.